The van der Waals surface area contributed by atoms with Crippen LogP contribution in [0.4, 0.5) is 0 Å². The molecule has 1 aliphatic rings. The molecule has 136 valence electrons. The zero-order valence-corrected chi connectivity index (χ0v) is 15.5. The van der Waals surface area contributed by atoms with Crippen LogP contribution in [0.15, 0.2) is 48.5 Å². The molecule has 1 N–H and O–H groups in total. The second-order valence-corrected chi connectivity index (χ2v) is 7.66. The number of thiophene rings is 1. The molecule has 1 fully saturated rings. The van der Waals surface area contributed by atoms with Crippen molar-refractivity contribution in [1.82, 2.24) is 4.90 Å². The largest absolute Gasteiger partial charge is 0.508 e. The third kappa shape index (κ3) is 4.29. The van der Waals surface area contributed by atoms with Crippen molar-refractivity contribution in [3.8, 4) is 22.3 Å². The van der Waals surface area contributed by atoms with Gasteiger partial charge in [-0.25, -0.2) is 0 Å². The molecule has 0 atom stereocenters. The summed E-state index contributed by atoms with van der Waals surface area (Å²) in [6, 6.07) is 15.1. The van der Waals surface area contributed by atoms with Crippen molar-refractivity contribution in [2.45, 2.75) is 19.3 Å². The predicted octanol–water partition coefficient (Wildman–Crippen LogP) is 5.26. The molecule has 4 rings (SSSR count). The molecule has 0 spiro atoms. The van der Waals surface area contributed by atoms with E-state index in [4.69, 9.17) is 9.47 Å². The summed E-state index contributed by atoms with van der Waals surface area (Å²) in [5, 5.41) is 11.4. The molecular formula is C21H23NO3S. The monoisotopic (exact) mass is 369 g/mol. The van der Waals surface area contributed by atoms with Crippen molar-refractivity contribution in [2.75, 3.05) is 26.2 Å². The number of phenols is 1. The lowest BCUT2D eigenvalue weighted by molar-refractivity contribution is 0.183. The minimum Gasteiger partial charge on any atom is -0.508 e. The number of rotatable bonds is 6. The van der Waals surface area contributed by atoms with Crippen LogP contribution in [-0.2, 0) is 0 Å². The van der Waals surface area contributed by atoms with E-state index in [2.05, 4.69) is 4.90 Å². The highest BCUT2D eigenvalue weighted by Crippen LogP contribution is 2.36. The standard InChI is InChI=1S/C21H23NO3S/c23-17-5-4-16-14-21(26-20(16)15-17)25-19-8-6-18(7-9-19)24-13-12-22-10-2-1-3-11-22/h4-9,14-15,23H,1-3,10-13H2. The van der Waals surface area contributed by atoms with Crippen LogP contribution in [0, 0.1) is 0 Å². The summed E-state index contributed by atoms with van der Waals surface area (Å²) in [7, 11) is 0. The summed E-state index contributed by atoms with van der Waals surface area (Å²) in [6.07, 6.45) is 3.98. The van der Waals surface area contributed by atoms with E-state index in [-0.39, 0.29) is 5.75 Å². The van der Waals surface area contributed by atoms with E-state index in [1.807, 2.05) is 36.4 Å². The fourth-order valence-corrected chi connectivity index (χ4v) is 4.21. The molecule has 0 bridgehead atoms. The summed E-state index contributed by atoms with van der Waals surface area (Å²) in [4.78, 5) is 2.47. The zero-order valence-electron chi connectivity index (χ0n) is 14.7. The van der Waals surface area contributed by atoms with Gasteiger partial charge in [-0.15, -0.1) is 0 Å². The smallest absolute Gasteiger partial charge is 0.182 e. The Morgan fingerprint density at radius 3 is 2.50 bits per heavy atom. The Bertz CT molecular complexity index is 853. The van der Waals surface area contributed by atoms with Crippen molar-refractivity contribution in [1.29, 1.82) is 0 Å². The Hall–Kier alpha value is -2.24. The minimum atomic E-state index is 0.275. The van der Waals surface area contributed by atoms with Crippen LogP contribution in [0.5, 0.6) is 22.3 Å². The molecule has 26 heavy (non-hydrogen) atoms. The molecule has 2 heterocycles. The molecule has 3 aromatic rings. The van der Waals surface area contributed by atoms with Gasteiger partial charge in [-0.3, -0.25) is 4.90 Å². The van der Waals surface area contributed by atoms with E-state index in [9.17, 15) is 5.11 Å². The van der Waals surface area contributed by atoms with Crippen molar-refractivity contribution >= 4 is 21.4 Å². The van der Waals surface area contributed by atoms with E-state index in [1.54, 1.807) is 12.1 Å². The summed E-state index contributed by atoms with van der Waals surface area (Å²) >= 11 is 1.52. The van der Waals surface area contributed by atoms with Gasteiger partial charge in [-0.1, -0.05) is 17.8 Å². The first-order valence-electron chi connectivity index (χ1n) is 9.12. The second kappa shape index (κ2) is 7.98. The molecule has 0 aliphatic carbocycles. The first-order valence-corrected chi connectivity index (χ1v) is 9.93. The van der Waals surface area contributed by atoms with Gasteiger partial charge in [0, 0.05) is 17.3 Å². The number of hydrogen-bond donors (Lipinski definition) is 1. The molecule has 0 unspecified atom stereocenters. The maximum atomic E-state index is 9.56. The van der Waals surface area contributed by atoms with E-state index >= 15 is 0 Å². The summed E-state index contributed by atoms with van der Waals surface area (Å²) in [5.41, 5.74) is 0. The molecule has 2 aromatic carbocycles. The van der Waals surface area contributed by atoms with Crippen LogP contribution < -0.4 is 9.47 Å². The number of ether oxygens (including phenoxy) is 2. The lowest BCUT2D eigenvalue weighted by Gasteiger charge is -2.26. The van der Waals surface area contributed by atoms with E-state index in [0.29, 0.717) is 0 Å². The van der Waals surface area contributed by atoms with Gasteiger partial charge in [-0.05, 0) is 73.8 Å². The van der Waals surface area contributed by atoms with Crippen LogP contribution in [0.25, 0.3) is 10.1 Å². The number of benzene rings is 2. The van der Waals surface area contributed by atoms with Gasteiger partial charge in [-0.2, -0.15) is 0 Å². The Balaban J connectivity index is 1.31. The van der Waals surface area contributed by atoms with Gasteiger partial charge in [0.1, 0.15) is 23.9 Å². The second-order valence-electron chi connectivity index (χ2n) is 6.61. The van der Waals surface area contributed by atoms with Gasteiger partial charge >= 0.3 is 0 Å². The predicted molar refractivity (Wildman–Crippen MR) is 106 cm³/mol. The molecule has 0 saturated carbocycles. The fourth-order valence-electron chi connectivity index (χ4n) is 3.24. The summed E-state index contributed by atoms with van der Waals surface area (Å²) < 4.78 is 12.8. The highest BCUT2D eigenvalue weighted by Gasteiger charge is 2.09. The Morgan fingerprint density at radius 1 is 0.923 bits per heavy atom. The van der Waals surface area contributed by atoms with Crippen LogP contribution in [-0.4, -0.2) is 36.2 Å². The Morgan fingerprint density at radius 2 is 1.69 bits per heavy atom. The van der Waals surface area contributed by atoms with Crippen molar-refractivity contribution in [3.63, 3.8) is 0 Å². The highest BCUT2D eigenvalue weighted by atomic mass is 32.1. The topological polar surface area (TPSA) is 41.9 Å². The van der Waals surface area contributed by atoms with Gasteiger partial charge in [0.05, 0.1) is 0 Å². The lowest BCUT2D eigenvalue weighted by Crippen LogP contribution is -2.33. The van der Waals surface area contributed by atoms with Gasteiger partial charge in [0.25, 0.3) is 0 Å². The fraction of sp³-hybridized carbons (Fsp3) is 0.333. The first kappa shape index (κ1) is 17.2. The van der Waals surface area contributed by atoms with E-state index < -0.39 is 0 Å². The maximum absolute atomic E-state index is 9.56. The summed E-state index contributed by atoms with van der Waals surface area (Å²) in [5.74, 6) is 1.93. The third-order valence-corrected chi connectivity index (χ3v) is 5.62. The average molecular weight is 369 g/mol. The van der Waals surface area contributed by atoms with E-state index in [1.165, 1.54) is 43.7 Å². The van der Waals surface area contributed by atoms with Crippen molar-refractivity contribution in [3.05, 3.63) is 48.5 Å². The zero-order chi connectivity index (χ0) is 17.8. The van der Waals surface area contributed by atoms with Gasteiger partial charge in [0.15, 0.2) is 5.06 Å². The quantitative estimate of drug-likeness (QED) is 0.643. The van der Waals surface area contributed by atoms with Crippen molar-refractivity contribution in [2.24, 2.45) is 0 Å². The number of nitrogens with zero attached hydrogens (tertiary/aromatic N) is 1. The number of phenolic OH excluding ortho intramolecular Hbond substituents is 1. The van der Waals surface area contributed by atoms with Crippen LogP contribution >= 0.6 is 11.3 Å². The lowest BCUT2D eigenvalue weighted by atomic mass is 10.1. The molecular weight excluding hydrogens is 346 g/mol. The minimum absolute atomic E-state index is 0.275. The van der Waals surface area contributed by atoms with Crippen LogP contribution in [0.1, 0.15) is 19.3 Å². The Labute approximate surface area is 157 Å². The number of fused-ring (bicyclic) bond motifs is 1. The molecule has 1 saturated heterocycles. The van der Waals surface area contributed by atoms with E-state index in [0.717, 1.165) is 39.8 Å². The molecule has 1 aromatic heterocycles. The van der Waals surface area contributed by atoms with Gasteiger partial charge < -0.3 is 14.6 Å². The Kier molecular flexibility index (Phi) is 5.27. The first-order chi connectivity index (χ1) is 12.8. The molecule has 5 heteroatoms. The number of likely N-dealkylation sites (tertiary alicyclic amines) is 1. The molecule has 0 radical (unpaired) electrons. The molecule has 1 aliphatic heterocycles. The number of piperidine rings is 1. The normalized spacial score (nSPS) is 15.2. The maximum Gasteiger partial charge on any atom is 0.182 e. The SMILES string of the molecule is Oc1ccc2cc(Oc3ccc(OCCN4CCCCC4)cc3)sc2c1. The number of aromatic hydroxyl groups is 1. The summed E-state index contributed by atoms with van der Waals surface area (Å²) in [6.45, 7) is 4.11. The average Bonchev–Trinajstić information content (AvgIpc) is 3.05. The number of hydrogen-bond acceptors (Lipinski definition) is 5. The van der Waals surface area contributed by atoms with Crippen LogP contribution in [0.2, 0.25) is 0 Å². The molecule has 4 nitrogen and oxygen atoms in total. The van der Waals surface area contributed by atoms with Gasteiger partial charge in [0.2, 0.25) is 0 Å². The molecule has 0 amide bonds. The van der Waals surface area contributed by atoms with Crippen molar-refractivity contribution < 1.29 is 14.6 Å². The highest BCUT2D eigenvalue weighted by molar-refractivity contribution is 7.20. The third-order valence-electron chi connectivity index (χ3n) is 4.65. The van der Waals surface area contributed by atoms with Crippen LogP contribution in [0.3, 0.4) is 0 Å².